The van der Waals surface area contributed by atoms with Gasteiger partial charge in [-0.05, 0) is 25.7 Å². The van der Waals surface area contributed by atoms with Crippen molar-refractivity contribution in [3.63, 3.8) is 0 Å². The highest BCUT2D eigenvalue weighted by Gasteiger charge is 2.08. The summed E-state index contributed by atoms with van der Waals surface area (Å²) in [5.74, 6) is 5.29. The molecular weight excluding hydrogens is 244 g/mol. The van der Waals surface area contributed by atoms with E-state index in [0.29, 0.717) is 13.0 Å². The molecule has 0 fully saturated rings. The summed E-state index contributed by atoms with van der Waals surface area (Å²) in [5, 5.41) is 2.91. The average Bonchev–Trinajstić information content (AvgIpc) is 2.37. The monoisotopic (exact) mass is 270 g/mol. The molecule has 0 aliphatic carbocycles. The molecule has 0 spiro atoms. The fourth-order valence-corrected chi connectivity index (χ4v) is 1.56. The quantitative estimate of drug-likeness (QED) is 0.0849. The first-order chi connectivity index (χ1) is 9.10. The van der Waals surface area contributed by atoms with Gasteiger partial charge in [-0.1, -0.05) is 6.08 Å². The number of rotatable bonds is 11. The molecule has 8 N–H and O–H groups in total. The predicted molar refractivity (Wildman–Crippen MR) is 78.1 cm³/mol. The van der Waals surface area contributed by atoms with Gasteiger partial charge in [-0.25, -0.2) is 0 Å². The van der Waals surface area contributed by atoms with Crippen LogP contribution < -0.4 is 28.1 Å². The molecule has 0 aliphatic rings. The van der Waals surface area contributed by atoms with E-state index < -0.39 is 0 Å². The van der Waals surface area contributed by atoms with Crippen molar-refractivity contribution in [1.29, 1.82) is 0 Å². The number of unbranched alkanes of at least 4 members (excludes halogenated alkanes) is 1. The SMILES string of the molecule is C=C[C@H](CCCNN)NC(=O)CCCCN=C(N)N. The molecule has 0 rings (SSSR count). The molecule has 0 aliphatic heterocycles. The fraction of sp³-hybridized carbons (Fsp3) is 0.667. The molecule has 0 aromatic carbocycles. The lowest BCUT2D eigenvalue weighted by Gasteiger charge is -2.14. The van der Waals surface area contributed by atoms with Crippen molar-refractivity contribution < 1.29 is 4.79 Å². The summed E-state index contributed by atoms with van der Waals surface area (Å²) in [7, 11) is 0. The lowest BCUT2D eigenvalue weighted by molar-refractivity contribution is -0.121. The van der Waals surface area contributed by atoms with Crippen molar-refractivity contribution in [1.82, 2.24) is 10.7 Å². The average molecular weight is 270 g/mol. The van der Waals surface area contributed by atoms with Gasteiger partial charge < -0.3 is 16.8 Å². The summed E-state index contributed by atoms with van der Waals surface area (Å²) >= 11 is 0. The lowest BCUT2D eigenvalue weighted by Crippen LogP contribution is -2.34. The maximum Gasteiger partial charge on any atom is 0.220 e. The first kappa shape index (κ1) is 17.4. The van der Waals surface area contributed by atoms with Crippen LogP contribution in [0.1, 0.15) is 32.1 Å². The highest BCUT2D eigenvalue weighted by Crippen LogP contribution is 2.01. The second-order valence-electron chi connectivity index (χ2n) is 4.27. The Morgan fingerprint density at radius 3 is 2.63 bits per heavy atom. The smallest absolute Gasteiger partial charge is 0.220 e. The van der Waals surface area contributed by atoms with Crippen LogP contribution in [0.5, 0.6) is 0 Å². The van der Waals surface area contributed by atoms with Crippen molar-refractivity contribution in [3.05, 3.63) is 12.7 Å². The van der Waals surface area contributed by atoms with Gasteiger partial charge in [0.15, 0.2) is 5.96 Å². The minimum atomic E-state index is -0.00134. The van der Waals surface area contributed by atoms with Gasteiger partial charge in [0.1, 0.15) is 0 Å². The van der Waals surface area contributed by atoms with Crippen molar-refractivity contribution in [3.8, 4) is 0 Å². The van der Waals surface area contributed by atoms with Gasteiger partial charge in [-0.15, -0.1) is 6.58 Å². The van der Waals surface area contributed by atoms with Crippen LogP contribution in [0.3, 0.4) is 0 Å². The van der Waals surface area contributed by atoms with E-state index in [1.54, 1.807) is 6.08 Å². The second-order valence-corrected chi connectivity index (χ2v) is 4.27. The van der Waals surface area contributed by atoms with Gasteiger partial charge >= 0.3 is 0 Å². The fourth-order valence-electron chi connectivity index (χ4n) is 1.56. The molecule has 0 heterocycles. The van der Waals surface area contributed by atoms with Crippen molar-refractivity contribution in [2.75, 3.05) is 13.1 Å². The van der Waals surface area contributed by atoms with Gasteiger partial charge in [0.25, 0.3) is 0 Å². The van der Waals surface area contributed by atoms with Gasteiger partial charge in [-0.3, -0.25) is 21.1 Å². The molecule has 110 valence electrons. The topological polar surface area (TPSA) is 132 Å². The van der Waals surface area contributed by atoms with Crippen LogP contribution in [-0.2, 0) is 4.79 Å². The molecule has 7 heteroatoms. The maximum absolute atomic E-state index is 11.7. The molecule has 0 radical (unpaired) electrons. The first-order valence-electron chi connectivity index (χ1n) is 6.51. The Labute approximate surface area is 114 Å². The number of aliphatic imine (C=N–C) groups is 1. The van der Waals surface area contributed by atoms with Crippen LogP contribution in [0.2, 0.25) is 0 Å². The van der Waals surface area contributed by atoms with Crippen molar-refractivity contribution in [2.24, 2.45) is 22.3 Å². The summed E-state index contributed by atoms with van der Waals surface area (Å²) in [4.78, 5) is 15.5. The Hall–Kier alpha value is -1.60. The third-order valence-electron chi connectivity index (χ3n) is 2.57. The third kappa shape index (κ3) is 11.2. The summed E-state index contributed by atoms with van der Waals surface area (Å²) in [6.07, 6.45) is 5.48. The minimum Gasteiger partial charge on any atom is -0.370 e. The Morgan fingerprint density at radius 2 is 2.05 bits per heavy atom. The molecule has 0 unspecified atom stereocenters. The van der Waals surface area contributed by atoms with Crippen LogP contribution in [0, 0.1) is 0 Å². The molecule has 0 aromatic rings. The van der Waals surface area contributed by atoms with Gasteiger partial charge in [0.05, 0.1) is 0 Å². The molecule has 0 saturated carbocycles. The normalized spacial score (nSPS) is 11.6. The molecule has 0 bridgehead atoms. The number of guanidine groups is 1. The molecule has 7 nitrogen and oxygen atoms in total. The number of nitrogens with one attached hydrogen (secondary N) is 2. The van der Waals surface area contributed by atoms with Crippen LogP contribution in [0.25, 0.3) is 0 Å². The lowest BCUT2D eigenvalue weighted by atomic mass is 10.1. The zero-order valence-corrected chi connectivity index (χ0v) is 11.4. The van der Waals surface area contributed by atoms with Crippen molar-refractivity contribution in [2.45, 2.75) is 38.1 Å². The summed E-state index contributed by atoms with van der Waals surface area (Å²) < 4.78 is 0. The summed E-state index contributed by atoms with van der Waals surface area (Å²) in [6, 6.07) is -0.00134. The van der Waals surface area contributed by atoms with E-state index in [4.69, 9.17) is 17.3 Å². The number of hydrogen-bond donors (Lipinski definition) is 5. The van der Waals surface area contributed by atoms with Gasteiger partial charge in [0, 0.05) is 25.6 Å². The number of amides is 1. The molecule has 0 saturated heterocycles. The Kier molecular flexibility index (Phi) is 10.5. The number of nitrogens with two attached hydrogens (primary N) is 3. The van der Waals surface area contributed by atoms with E-state index in [-0.39, 0.29) is 17.9 Å². The zero-order valence-electron chi connectivity index (χ0n) is 11.4. The molecule has 0 aromatic heterocycles. The van der Waals surface area contributed by atoms with E-state index in [0.717, 1.165) is 32.2 Å². The van der Waals surface area contributed by atoms with E-state index >= 15 is 0 Å². The maximum atomic E-state index is 11.7. The Balaban J connectivity index is 3.70. The van der Waals surface area contributed by atoms with E-state index in [1.807, 2.05) is 0 Å². The van der Waals surface area contributed by atoms with Crippen LogP contribution in [-0.4, -0.2) is 31.0 Å². The molecular formula is C12H26N6O. The number of carbonyl (C=O) groups is 1. The van der Waals surface area contributed by atoms with Crippen molar-refractivity contribution >= 4 is 11.9 Å². The van der Waals surface area contributed by atoms with Crippen LogP contribution in [0.4, 0.5) is 0 Å². The molecule has 1 atom stereocenters. The minimum absolute atomic E-state index is 0.00134. The van der Waals surface area contributed by atoms with E-state index in [9.17, 15) is 4.79 Å². The predicted octanol–water partition coefficient (Wildman–Crippen LogP) is -0.656. The molecule has 19 heavy (non-hydrogen) atoms. The summed E-state index contributed by atoms with van der Waals surface area (Å²) in [6.45, 7) is 4.99. The largest absolute Gasteiger partial charge is 0.370 e. The summed E-state index contributed by atoms with van der Waals surface area (Å²) in [5.41, 5.74) is 13.0. The second kappa shape index (κ2) is 11.5. The van der Waals surface area contributed by atoms with Crippen LogP contribution >= 0.6 is 0 Å². The highest BCUT2D eigenvalue weighted by atomic mass is 16.1. The first-order valence-corrected chi connectivity index (χ1v) is 6.51. The third-order valence-corrected chi connectivity index (χ3v) is 2.57. The highest BCUT2D eigenvalue weighted by molar-refractivity contribution is 5.76. The van der Waals surface area contributed by atoms with Gasteiger partial charge in [-0.2, -0.15) is 0 Å². The number of hydrogen-bond acceptors (Lipinski definition) is 4. The van der Waals surface area contributed by atoms with E-state index in [2.05, 4.69) is 22.3 Å². The number of carbonyl (C=O) groups excluding carboxylic acids is 1. The zero-order chi connectivity index (χ0) is 14.5. The number of hydrazine groups is 1. The van der Waals surface area contributed by atoms with Gasteiger partial charge in [0.2, 0.25) is 5.91 Å². The van der Waals surface area contributed by atoms with E-state index in [1.165, 1.54) is 0 Å². The Bertz CT molecular complexity index is 288. The Morgan fingerprint density at radius 1 is 1.32 bits per heavy atom. The molecule has 1 amide bonds. The number of nitrogens with zero attached hydrogens (tertiary/aromatic N) is 1. The van der Waals surface area contributed by atoms with Crippen LogP contribution in [0.15, 0.2) is 17.6 Å². The standard InChI is InChI=1S/C12H26N6O/c1-2-10(6-5-9-17-15)18-11(19)7-3-4-8-16-12(13)14/h2,10,17H,1,3-9,15H2,(H,18,19)(H4,13,14,16)/t10-/m1/s1.